The van der Waals surface area contributed by atoms with Crippen LogP contribution in [-0.2, 0) is 6.61 Å². The molecule has 3 rings (SSSR count). The molecule has 7 nitrogen and oxygen atoms in total. The van der Waals surface area contributed by atoms with E-state index in [0.29, 0.717) is 5.56 Å². The van der Waals surface area contributed by atoms with E-state index in [1.807, 2.05) is 0 Å². The molecule has 3 aromatic rings. The molecule has 0 saturated heterocycles. The number of rotatable bonds is 4. The van der Waals surface area contributed by atoms with Gasteiger partial charge in [-0.3, -0.25) is 10.1 Å². The van der Waals surface area contributed by atoms with Crippen molar-refractivity contribution < 1.29 is 9.76 Å². The molecule has 0 aliphatic carbocycles. The molecule has 24 heavy (non-hydrogen) atoms. The van der Waals surface area contributed by atoms with Gasteiger partial charge in [0.2, 0.25) is 0 Å². The first kappa shape index (κ1) is 17.0. The molecule has 0 aliphatic rings. The maximum atomic E-state index is 10.8. The molecule has 0 spiro atoms. The molecule has 11 heteroatoms. The third-order valence-electron chi connectivity index (χ3n) is 3.11. The molecule has 0 saturated carbocycles. The SMILES string of the molecule is O=[N+]([O-])c1cccc(COn2nnc3c(Cl)c(Cl)c(Cl)c(Cl)c32)c1. The molecule has 0 unspecified atom stereocenters. The topological polar surface area (TPSA) is 83.1 Å². The molecule has 0 amide bonds. The van der Waals surface area contributed by atoms with Crippen molar-refractivity contribution in [3.63, 3.8) is 0 Å². The smallest absolute Gasteiger partial charge is 0.269 e. The molecule has 0 atom stereocenters. The van der Waals surface area contributed by atoms with E-state index in [4.69, 9.17) is 51.2 Å². The normalized spacial score (nSPS) is 11.0. The van der Waals surface area contributed by atoms with Gasteiger partial charge < -0.3 is 4.84 Å². The van der Waals surface area contributed by atoms with Crippen LogP contribution in [0.2, 0.25) is 20.1 Å². The maximum Gasteiger partial charge on any atom is 0.269 e. The molecule has 0 fully saturated rings. The van der Waals surface area contributed by atoms with E-state index >= 15 is 0 Å². The summed E-state index contributed by atoms with van der Waals surface area (Å²) in [5.41, 5.74) is 1.00. The summed E-state index contributed by atoms with van der Waals surface area (Å²) in [4.78, 5) is 16.8. The zero-order valence-corrected chi connectivity index (χ0v) is 14.6. The first-order valence-electron chi connectivity index (χ1n) is 6.34. The van der Waals surface area contributed by atoms with E-state index in [-0.39, 0.29) is 43.4 Å². The first-order chi connectivity index (χ1) is 11.4. The number of hydrogen-bond acceptors (Lipinski definition) is 5. The lowest BCUT2D eigenvalue weighted by molar-refractivity contribution is -0.384. The van der Waals surface area contributed by atoms with Crippen molar-refractivity contribution in [3.05, 3.63) is 60.0 Å². The van der Waals surface area contributed by atoms with Crippen molar-refractivity contribution in [1.29, 1.82) is 0 Å². The quantitative estimate of drug-likeness (QED) is 0.273. The average molecular weight is 408 g/mol. The fraction of sp³-hybridized carbons (Fsp3) is 0.0769. The minimum atomic E-state index is -0.493. The van der Waals surface area contributed by atoms with Crippen LogP contribution in [0.15, 0.2) is 24.3 Å². The number of nitrogens with zero attached hydrogens (tertiary/aromatic N) is 4. The summed E-state index contributed by atoms with van der Waals surface area (Å²) >= 11 is 24.2. The van der Waals surface area contributed by atoms with Crippen molar-refractivity contribution in [1.82, 2.24) is 15.2 Å². The van der Waals surface area contributed by atoms with E-state index < -0.39 is 4.92 Å². The van der Waals surface area contributed by atoms with Crippen LogP contribution >= 0.6 is 46.4 Å². The Balaban J connectivity index is 1.94. The Labute approximate surface area is 154 Å². The molecule has 1 aromatic heterocycles. The van der Waals surface area contributed by atoms with Crippen LogP contribution in [0.3, 0.4) is 0 Å². The third kappa shape index (κ3) is 2.95. The monoisotopic (exact) mass is 406 g/mol. The van der Waals surface area contributed by atoms with E-state index in [9.17, 15) is 10.1 Å². The number of halogens is 4. The summed E-state index contributed by atoms with van der Waals surface area (Å²) in [5.74, 6) is 0. The van der Waals surface area contributed by atoms with Gasteiger partial charge >= 0.3 is 0 Å². The second-order valence-electron chi connectivity index (χ2n) is 4.62. The lowest BCUT2D eigenvalue weighted by atomic mass is 10.2. The van der Waals surface area contributed by atoms with Gasteiger partial charge in [0.1, 0.15) is 12.1 Å². The highest BCUT2D eigenvalue weighted by atomic mass is 35.5. The van der Waals surface area contributed by atoms with Crippen molar-refractivity contribution in [2.24, 2.45) is 0 Å². The average Bonchev–Trinajstić information content (AvgIpc) is 3.00. The molecule has 0 radical (unpaired) electrons. The highest BCUT2D eigenvalue weighted by Crippen LogP contribution is 2.41. The van der Waals surface area contributed by atoms with Gasteiger partial charge in [0.15, 0.2) is 5.52 Å². The van der Waals surface area contributed by atoms with E-state index in [1.165, 1.54) is 12.1 Å². The van der Waals surface area contributed by atoms with E-state index in [2.05, 4.69) is 10.3 Å². The van der Waals surface area contributed by atoms with Gasteiger partial charge in [-0.1, -0.05) is 63.4 Å². The number of nitro groups is 1. The van der Waals surface area contributed by atoms with Crippen LogP contribution in [0.25, 0.3) is 11.0 Å². The zero-order valence-electron chi connectivity index (χ0n) is 11.5. The minimum Gasteiger partial charge on any atom is -0.390 e. The minimum absolute atomic E-state index is 0.00562. The van der Waals surface area contributed by atoms with Crippen LogP contribution in [0, 0.1) is 10.1 Å². The summed E-state index contributed by atoms with van der Waals surface area (Å²) in [7, 11) is 0. The standard InChI is InChI=1S/C13H6Cl4N4O3/c14-8-9(15)11(17)13-12(10(8)16)18-19-20(13)24-5-6-2-1-3-7(4-6)21(22)23/h1-4H,5H2. The Morgan fingerprint density at radius 1 is 1.12 bits per heavy atom. The van der Waals surface area contributed by atoms with Crippen LogP contribution in [0.1, 0.15) is 5.56 Å². The molecular formula is C13H6Cl4N4O3. The Bertz CT molecular complexity index is 960. The zero-order chi connectivity index (χ0) is 17.4. The van der Waals surface area contributed by atoms with Crippen LogP contribution < -0.4 is 4.84 Å². The molecule has 0 N–H and O–H groups in total. The molecule has 2 aromatic carbocycles. The molecular weight excluding hydrogens is 402 g/mol. The Hall–Kier alpha value is -1.80. The Kier molecular flexibility index (Phi) is 4.69. The van der Waals surface area contributed by atoms with Crippen molar-refractivity contribution in [2.75, 3.05) is 0 Å². The van der Waals surface area contributed by atoms with Gasteiger partial charge in [0.05, 0.1) is 25.0 Å². The van der Waals surface area contributed by atoms with Crippen LogP contribution in [0.5, 0.6) is 0 Å². The number of aromatic nitrogens is 3. The van der Waals surface area contributed by atoms with E-state index in [1.54, 1.807) is 12.1 Å². The molecule has 0 aliphatic heterocycles. The van der Waals surface area contributed by atoms with Gasteiger partial charge in [0.25, 0.3) is 5.69 Å². The summed E-state index contributed by atoms with van der Waals surface area (Å²) in [6.07, 6.45) is 0. The van der Waals surface area contributed by atoms with Gasteiger partial charge in [-0.2, -0.15) is 0 Å². The van der Waals surface area contributed by atoms with Gasteiger partial charge in [-0.05, 0) is 10.8 Å². The fourth-order valence-corrected chi connectivity index (χ4v) is 2.93. The molecule has 1 heterocycles. The summed E-state index contributed by atoms with van der Waals surface area (Å²) < 4.78 is 0. The lowest BCUT2D eigenvalue weighted by Gasteiger charge is -2.08. The van der Waals surface area contributed by atoms with Crippen molar-refractivity contribution >= 4 is 63.1 Å². The van der Waals surface area contributed by atoms with Crippen molar-refractivity contribution in [2.45, 2.75) is 6.61 Å². The highest BCUT2D eigenvalue weighted by molar-refractivity contribution is 6.54. The maximum absolute atomic E-state index is 10.8. The summed E-state index contributed by atoms with van der Waals surface area (Å²) in [6.45, 7) is -0.00562. The summed E-state index contributed by atoms with van der Waals surface area (Å²) in [5, 5.41) is 18.8. The summed E-state index contributed by atoms with van der Waals surface area (Å²) in [6, 6.07) is 5.99. The van der Waals surface area contributed by atoms with Gasteiger partial charge in [-0.15, -0.1) is 5.10 Å². The predicted molar refractivity (Wildman–Crippen MR) is 90.9 cm³/mol. The second-order valence-corrected chi connectivity index (χ2v) is 6.13. The van der Waals surface area contributed by atoms with Crippen molar-refractivity contribution in [3.8, 4) is 0 Å². The predicted octanol–water partition coefficient (Wildman–Crippen LogP) is 4.58. The largest absolute Gasteiger partial charge is 0.390 e. The number of benzene rings is 2. The Morgan fingerprint density at radius 3 is 2.54 bits per heavy atom. The third-order valence-corrected chi connectivity index (χ3v) is 4.89. The molecule has 124 valence electrons. The van der Waals surface area contributed by atoms with Crippen LogP contribution in [-0.4, -0.2) is 20.1 Å². The first-order valence-corrected chi connectivity index (χ1v) is 7.85. The van der Waals surface area contributed by atoms with Crippen LogP contribution in [0.4, 0.5) is 5.69 Å². The van der Waals surface area contributed by atoms with Gasteiger partial charge in [-0.25, -0.2) is 0 Å². The molecule has 0 bridgehead atoms. The second kappa shape index (κ2) is 6.60. The number of fused-ring (bicyclic) bond motifs is 1. The Morgan fingerprint density at radius 2 is 1.83 bits per heavy atom. The number of hydrogen-bond donors (Lipinski definition) is 0. The lowest BCUT2D eigenvalue weighted by Crippen LogP contribution is -2.13. The fourth-order valence-electron chi connectivity index (χ4n) is 1.99. The van der Waals surface area contributed by atoms with E-state index in [0.717, 1.165) is 4.85 Å². The number of nitro benzene ring substituents is 1. The highest BCUT2D eigenvalue weighted by Gasteiger charge is 2.21. The number of non-ortho nitro benzene ring substituents is 1. The van der Waals surface area contributed by atoms with Gasteiger partial charge in [0, 0.05) is 12.1 Å².